The highest BCUT2D eigenvalue weighted by Crippen LogP contribution is 2.26. The number of nitrogens with one attached hydrogen (secondary N) is 2. The number of halogens is 1. The van der Waals surface area contributed by atoms with Crippen molar-refractivity contribution in [1.29, 1.82) is 0 Å². The second-order valence-electron chi connectivity index (χ2n) is 5.56. The quantitative estimate of drug-likeness (QED) is 0.767. The molecule has 0 atom stereocenters. The first-order chi connectivity index (χ1) is 11.0. The maximum Gasteiger partial charge on any atom is 0.257 e. The zero-order chi connectivity index (χ0) is 16.7. The minimum Gasteiger partial charge on any atom is -0.484 e. The normalized spacial score (nSPS) is 13.8. The van der Waals surface area contributed by atoms with Gasteiger partial charge in [-0.05, 0) is 37.1 Å². The van der Waals surface area contributed by atoms with Crippen molar-refractivity contribution < 1.29 is 14.3 Å². The first kappa shape index (κ1) is 17.3. The first-order valence-corrected chi connectivity index (χ1v) is 8.06. The van der Waals surface area contributed by atoms with Crippen molar-refractivity contribution in [3.8, 4) is 5.75 Å². The van der Waals surface area contributed by atoms with Crippen LogP contribution in [0.15, 0.2) is 36.5 Å². The zero-order valence-electron chi connectivity index (χ0n) is 12.9. The molecule has 0 heterocycles. The third-order valence-corrected chi connectivity index (χ3v) is 3.96. The molecule has 124 valence electrons. The SMILES string of the molecule is C=C(CCNC(=O)COc1ccc(Cl)cc1)NC(=O)C1CCC1. The minimum absolute atomic E-state index is 0.0404. The summed E-state index contributed by atoms with van der Waals surface area (Å²) in [5.41, 5.74) is 0.626. The molecular weight excluding hydrogens is 316 g/mol. The largest absolute Gasteiger partial charge is 0.484 e. The molecule has 0 unspecified atom stereocenters. The molecule has 0 spiro atoms. The molecule has 0 radical (unpaired) electrons. The molecule has 1 saturated carbocycles. The monoisotopic (exact) mass is 336 g/mol. The molecule has 0 bridgehead atoms. The van der Waals surface area contributed by atoms with E-state index in [1.807, 2.05) is 0 Å². The van der Waals surface area contributed by atoms with Crippen LogP contribution in [0.2, 0.25) is 5.02 Å². The first-order valence-electron chi connectivity index (χ1n) is 7.68. The summed E-state index contributed by atoms with van der Waals surface area (Å²) in [5.74, 6) is 0.535. The van der Waals surface area contributed by atoms with E-state index in [9.17, 15) is 9.59 Å². The van der Waals surface area contributed by atoms with E-state index in [0.717, 1.165) is 19.3 Å². The summed E-state index contributed by atoms with van der Waals surface area (Å²) >= 11 is 5.77. The fourth-order valence-corrected chi connectivity index (χ4v) is 2.22. The molecule has 0 aliphatic heterocycles. The van der Waals surface area contributed by atoms with E-state index in [0.29, 0.717) is 29.4 Å². The fraction of sp³-hybridized carbons (Fsp3) is 0.412. The van der Waals surface area contributed by atoms with Gasteiger partial charge in [-0.3, -0.25) is 9.59 Å². The summed E-state index contributed by atoms with van der Waals surface area (Å²) in [4.78, 5) is 23.4. The average molecular weight is 337 g/mol. The van der Waals surface area contributed by atoms with Crippen LogP contribution in [0.1, 0.15) is 25.7 Å². The molecule has 1 aliphatic carbocycles. The van der Waals surface area contributed by atoms with Crippen molar-refractivity contribution in [2.45, 2.75) is 25.7 Å². The fourth-order valence-electron chi connectivity index (χ4n) is 2.09. The minimum atomic E-state index is -0.224. The molecule has 0 aromatic heterocycles. The smallest absolute Gasteiger partial charge is 0.257 e. The highest BCUT2D eigenvalue weighted by Gasteiger charge is 2.25. The van der Waals surface area contributed by atoms with E-state index in [1.54, 1.807) is 24.3 Å². The highest BCUT2D eigenvalue weighted by atomic mass is 35.5. The predicted octanol–water partition coefficient (Wildman–Crippen LogP) is 2.66. The lowest BCUT2D eigenvalue weighted by Crippen LogP contribution is -2.35. The molecule has 1 aromatic carbocycles. The molecule has 2 amide bonds. The standard InChI is InChI=1S/C17H21ClN2O3/c1-12(20-17(22)13-3-2-4-13)9-10-19-16(21)11-23-15-7-5-14(18)6-8-15/h5-8,13H,1-4,9-11H2,(H,19,21)(H,20,22). The Morgan fingerprint density at radius 2 is 1.96 bits per heavy atom. The van der Waals surface area contributed by atoms with Gasteiger partial charge in [0.1, 0.15) is 5.75 Å². The Morgan fingerprint density at radius 1 is 1.26 bits per heavy atom. The van der Waals surface area contributed by atoms with E-state index in [-0.39, 0.29) is 24.3 Å². The highest BCUT2D eigenvalue weighted by molar-refractivity contribution is 6.30. The zero-order valence-corrected chi connectivity index (χ0v) is 13.7. The van der Waals surface area contributed by atoms with Crippen molar-refractivity contribution in [1.82, 2.24) is 10.6 Å². The lowest BCUT2D eigenvalue weighted by molar-refractivity contribution is -0.126. The molecule has 1 fully saturated rings. The lowest BCUT2D eigenvalue weighted by atomic mass is 9.85. The van der Waals surface area contributed by atoms with Crippen LogP contribution in [0.25, 0.3) is 0 Å². The number of hydrogen-bond donors (Lipinski definition) is 2. The number of carbonyl (C=O) groups is 2. The van der Waals surface area contributed by atoms with Gasteiger partial charge in [-0.15, -0.1) is 0 Å². The Hall–Kier alpha value is -2.01. The van der Waals surface area contributed by atoms with Gasteiger partial charge in [0.05, 0.1) is 0 Å². The van der Waals surface area contributed by atoms with Crippen LogP contribution in [0.5, 0.6) is 5.75 Å². The Kier molecular flexibility index (Phi) is 6.47. The van der Waals surface area contributed by atoms with E-state index >= 15 is 0 Å². The number of rotatable bonds is 8. The summed E-state index contributed by atoms with van der Waals surface area (Å²) < 4.78 is 5.34. The molecule has 5 nitrogen and oxygen atoms in total. The molecule has 6 heteroatoms. The van der Waals surface area contributed by atoms with Crippen molar-refractivity contribution in [3.63, 3.8) is 0 Å². The van der Waals surface area contributed by atoms with Gasteiger partial charge in [0.15, 0.2) is 6.61 Å². The van der Waals surface area contributed by atoms with Crippen LogP contribution >= 0.6 is 11.6 Å². The van der Waals surface area contributed by atoms with Gasteiger partial charge in [0, 0.05) is 29.6 Å². The van der Waals surface area contributed by atoms with Crippen LogP contribution in [-0.4, -0.2) is 25.0 Å². The van der Waals surface area contributed by atoms with Crippen LogP contribution in [0.4, 0.5) is 0 Å². The lowest BCUT2D eigenvalue weighted by Gasteiger charge is -2.24. The van der Waals surface area contributed by atoms with Crippen molar-refractivity contribution in [2.75, 3.05) is 13.2 Å². The van der Waals surface area contributed by atoms with Crippen LogP contribution in [0.3, 0.4) is 0 Å². The Bertz CT molecular complexity index is 568. The number of carbonyl (C=O) groups excluding carboxylic acids is 2. The number of ether oxygens (including phenoxy) is 1. The molecule has 2 N–H and O–H groups in total. The van der Waals surface area contributed by atoms with Gasteiger partial charge >= 0.3 is 0 Å². The van der Waals surface area contributed by atoms with Gasteiger partial charge in [0.2, 0.25) is 5.91 Å². The Balaban J connectivity index is 1.57. The Labute approximate surface area is 141 Å². The van der Waals surface area contributed by atoms with Crippen molar-refractivity contribution in [2.24, 2.45) is 5.92 Å². The maximum atomic E-state index is 11.7. The predicted molar refractivity (Wildman–Crippen MR) is 89.2 cm³/mol. The molecule has 0 saturated heterocycles. The summed E-state index contributed by atoms with van der Waals surface area (Å²) in [6.45, 7) is 4.15. The molecule has 1 aliphatic rings. The summed E-state index contributed by atoms with van der Waals surface area (Å²) in [7, 11) is 0. The van der Waals surface area contributed by atoms with Crippen LogP contribution < -0.4 is 15.4 Å². The van der Waals surface area contributed by atoms with E-state index in [2.05, 4.69) is 17.2 Å². The maximum absolute atomic E-state index is 11.7. The number of hydrogen-bond acceptors (Lipinski definition) is 3. The topological polar surface area (TPSA) is 67.4 Å². The van der Waals surface area contributed by atoms with Gasteiger partial charge in [-0.25, -0.2) is 0 Å². The van der Waals surface area contributed by atoms with Gasteiger partial charge < -0.3 is 15.4 Å². The van der Waals surface area contributed by atoms with Gasteiger partial charge in [0.25, 0.3) is 5.91 Å². The summed E-state index contributed by atoms with van der Waals surface area (Å²) in [6.07, 6.45) is 3.54. The van der Waals surface area contributed by atoms with Crippen molar-refractivity contribution >= 4 is 23.4 Å². The summed E-state index contributed by atoms with van der Waals surface area (Å²) in [6, 6.07) is 6.80. The average Bonchev–Trinajstić information content (AvgIpc) is 2.44. The number of benzene rings is 1. The van der Waals surface area contributed by atoms with E-state index in [4.69, 9.17) is 16.3 Å². The Morgan fingerprint density at radius 3 is 2.57 bits per heavy atom. The third-order valence-electron chi connectivity index (χ3n) is 3.71. The molecule has 23 heavy (non-hydrogen) atoms. The second-order valence-corrected chi connectivity index (χ2v) is 6.00. The van der Waals surface area contributed by atoms with Crippen LogP contribution in [0, 0.1) is 5.92 Å². The molecular formula is C17H21ClN2O3. The van der Waals surface area contributed by atoms with Gasteiger partial charge in [-0.2, -0.15) is 0 Å². The molecule has 2 rings (SSSR count). The van der Waals surface area contributed by atoms with Crippen LogP contribution in [-0.2, 0) is 9.59 Å². The number of amides is 2. The summed E-state index contributed by atoms with van der Waals surface area (Å²) in [5, 5.41) is 6.13. The van der Waals surface area contributed by atoms with Gasteiger partial charge in [-0.1, -0.05) is 24.6 Å². The second kappa shape index (κ2) is 8.58. The third kappa shape index (κ3) is 5.94. The molecule has 1 aromatic rings. The van der Waals surface area contributed by atoms with Crippen molar-refractivity contribution in [3.05, 3.63) is 41.6 Å². The van der Waals surface area contributed by atoms with E-state index in [1.165, 1.54) is 0 Å². The van der Waals surface area contributed by atoms with E-state index < -0.39 is 0 Å².